The molecule has 1 atom stereocenters. The Bertz CT molecular complexity index is 1370. The van der Waals surface area contributed by atoms with Crippen LogP contribution in [0.4, 0.5) is 5.69 Å². The molecule has 6 nitrogen and oxygen atoms in total. The van der Waals surface area contributed by atoms with E-state index in [0.717, 1.165) is 27.3 Å². The molecule has 1 aliphatic rings. The van der Waals surface area contributed by atoms with Crippen LogP contribution in [0.25, 0.3) is 21.7 Å². The topological polar surface area (TPSA) is 85.6 Å². The molecule has 1 aliphatic heterocycles. The van der Waals surface area contributed by atoms with Gasteiger partial charge in [0.1, 0.15) is 5.58 Å². The van der Waals surface area contributed by atoms with Gasteiger partial charge in [-0.05, 0) is 47.5 Å². The van der Waals surface area contributed by atoms with E-state index in [1.54, 1.807) is 31.4 Å². The summed E-state index contributed by atoms with van der Waals surface area (Å²) in [7, 11) is 0. The number of hydrogen-bond acceptors (Lipinski definition) is 5. The highest BCUT2D eigenvalue weighted by Crippen LogP contribution is 2.33. The third kappa shape index (κ3) is 3.36. The molecule has 4 aromatic rings. The fraction of sp³-hybridized carbons (Fsp3) is 0.160. The Labute approximate surface area is 177 Å². The second kappa shape index (κ2) is 7.40. The summed E-state index contributed by atoms with van der Waals surface area (Å²) in [6.45, 7) is 1.43. The average Bonchev–Trinajstić information content (AvgIpc) is 3.32. The molecule has 6 heteroatoms. The lowest BCUT2D eigenvalue weighted by Crippen LogP contribution is -2.15. The highest BCUT2D eigenvalue weighted by atomic mass is 16.5. The van der Waals surface area contributed by atoms with Gasteiger partial charge in [-0.25, -0.2) is 0 Å². The Morgan fingerprint density at radius 3 is 2.81 bits per heavy atom. The molecule has 0 unspecified atom stereocenters. The van der Waals surface area contributed by atoms with Crippen molar-refractivity contribution in [1.82, 2.24) is 0 Å². The fourth-order valence-electron chi connectivity index (χ4n) is 4.03. The molecule has 1 amide bonds. The van der Waals surface area contributed by atoms with E-state index in [1.165, 1.54) is 0 Å². The molecule has 31 heavy (non-hydrogen) atoms. The number of benzene rings is 3. The number of fused-ring (bicyclic) bond motifs is 4. The van der Waals surface area contributed by atoms with Crippen LogP contribution in [-0.4, -0.2) is 24.3 Å². The van der Waals surface area contributed by atoms with Crippen molar-refractivity contribution in [3.05, 3.63) is 77.6 Å². The third-order valence-electron chi connectivity index (χ3n) is 5.73. The van der Waals surface area contributed by atoms with Gasteiger partial charge >= 0.3 is 5.97 Å². The van der Waals surface area contributed by atoms with Gasteiger partial charge < -0.3 is 14.5 Å². The number of rotatable bonds is 5. The average molecular weight is 413 g/mol. The van der Waals surface area contributed by atoms with Crippen molar-refractivity contribution in [2.24, 2.45) is 0 Å². The third-order valence-corrected chi connectivity index (χ3v) is 5.73. The first-order valence-corrected chi connectivity index (χ1v) is 10.0. The summed E-state index contributed by atoms with van der Waals surface area (Å²) in [6, 6.07) is 16.8. The van der Waals surface area contributed by atoms with Gasteiger partial charge in [0.25, 0.3) is 0 Å². The number of hydrogen-bond donors (Lipinski definition) is 1. The minimum Gasteiger partial charge on any atom is -0.464 e. The Morgan fingerprint density at radius 1 is 1.10 bits per heavy atom. The van der Waals surface area contributed by atoms with Crippen LogP contribution in [-0.2, 0) is 20.7 Å². The van der Waals surface area contributed by atoms with Crippen LogP contribution < -0.4 is 5.32 Å². The van der Waals surface area contributed by atoms with E-state index in [4.69, 9.17) is 9.15 Å². The van der Waals surface area contributed by atoms with E-state index >= 15 is 0 Å². The molecule has 0 aliphatic carbocycles. The SMILES string of the molecule is C[C@H]1C(=O)Nc2ccc(C(=O)COC(=O)Cc3coc4ccc5ccccc5c34)cc21. The van der Waals surface area contributed by atoms with Gasteiger partial charge in [0.05, 0.1) is 18.6 Å². The van der Waals surface area contributed by atoms with Gasteiger partial charge in [0.15, 0.2) is 12.4 Å². The fourth-order valence-corrected chi connectivity index (χ4v) is 4.03. The van der Waals surface area contributed by atoms with Crippen LogP contribution in [0.2, 0.25) is 0 Å². The van der Waals surface area contributed by atoms with E-state index in [0.29, 0.717) is 16.8 Å². The van der Waals surface area contributed by atoms with Crippen molar-refractivity contribution in [3.63, 3.8) is 0 Å². The minimum atomic E-state index is -0.504. The van der Waals surface area contributed by atoms with E-state index in [9.17, 15) is 14.4 Å². The molecule has 0 saturated heterocycles. The Balaban J connectivity index is 1.29. The number of carbonyl (C=O) groups is 3. The Kier molecular flexibility index (Phi) is 4.55. The van der Waals surface area contributed by atoms with Crippen molar-refractivity contribution in [3.8, 4) is 0 Å². The molecule has 154 valence electrons. The largest absolute Gasteiger partial charge is 0.464 e. The number of Topliss-reactive ketones (excluding diaryl/α,β-unsaturated/α-hetero) is 1. The summed E-state index contributed by atoms with van der Waals surface area (Å²) >= 11 is 0. The lowest BCUT2D eigenvalue weighted by Gasteiger charge is -2.07. The van der Waals surface area contributed by atoms with Crippen LogP contribution in [0.15, 0.2) is 65.3 Å². The highest BCUT2D eigenvalue weighted by Gasteiger charge is 2.27. The van der Waals surface area contributed by atoms with Crippen molar-refractivity contribution < 1.29 is 23.5 Å². The zero-order chi connectivity index (χ0) is 21.5. The van der Waals surface area contributed by atoms with E-state index in [1.807, 2.05) is 36.4 Å². The van der Waals surface area contributed by atoms with Gasteiger partial charge in [0.2, 0.25) is 5.91 Å². The summed E-state index contributed by atoms with van der Waals surface area (Å²) in [5, 5.41) is 5.71. The minimum absolute atomic E-state index is 0.00787. The molecule has 3 aromatic carbocycles. The molecule has 0 saturated carbocycles. The molecule has 2 heterocycles. The van der Waals surface area contributed by atoms with Crippen LogP contribution in [0, 0.1) is 0 Å². The molecule has 1 N–H and O–H groups in total. The summed E-state index contributed by atoms with van der Waals surface area (Å²) in [5.74, 6) is -1.22. The summed E-state index contributed by atoms with van der Waals surface area (Å²) in [5.41, 5.74) is 3.33. The van der Waals surface area contributed by atoms with Gasteiger partial charge in [-0.3, -0.25) is 14.4 Å². The summed E-state index contributed by atoms with van der Waals surface area (Å²) in [6.07, 6.45) is 1.57. The smallest absolute Gasteiger partial charge is 0.310 e. The maximum Gasteiger partial charge on any atom is 0.310 e. The lowest BCUT2D eigenvalue weighted by molar-refractivity contribution is -0.141. The van der Waals surface area contributed by atoms with E-state index in [-0.39, 0.29) is 30.6 Å². The molecule has 0 spiro atoms. The van der Waals surface area contributed by atoms with Crippen LogP contribution in [0.5, 0.6) is 0 Å². The Hall–Kier alpha value is -3.93. The van der Waals surface area contributed by atoms with Gasteiger partial charge in [-0.2, -0.15) is 0 Å². The zero-order valence-electron chi connectivity index (χ0n) is 16.8. The normalized spacial score (nSPS) is 15.1. The standard InChI is InChI=1S/C25H19NO5/c1-14-19-10-16(6-8-20(19)26-25(14)29)21(27)13-31-23(28)11-17-12-30-22-9-7-15-4-2-3-5-18(15)24(17)22/h2-10,12,14H,11,13H2,1H3,(H,26,29)/t14-/m1/s1. The molecular weight excluding hydrogens is 394 g/mol. The van der Waals surface area contributed by atoms with Gasteiger partial charge in [-0.15, -0.1) is 0 Å². The molecule has 1 aromatic heterocycles. The molecule has 0 bridgehead atoms. The van der Waals surface area contributed by atoms with Crippen LogP contribution >= 0.6 is 0 Å². The second-order valence-electron chi connectivity index (χ2n) is 7.69. The lowest BCUT2D eigenvalue weighted by atomic mass is 9.99. The number of anilines is 1. The molecule has 5 rings (SSSR count). The zero-order valence-corrected chi connectivity index (χ0v) is 16.8. The highest BCUT2D eigenvalue weighted by molar-refractivity contribution is 6.08. The van der Waals surface area contributed by atoms with Crippen molar-refractivity contribution in [2.75, 3.05) is 11.9 Å². The second-order valence-corrected chi connectivity index (χ2v) is 7.69. The molecule has 0 radical (unpaired) electrons. The van der Waals surface area contributed by atoms with Gasteiger partial charge in [-0.1, -0.05) is 30.3 Å². The number of amides is 1. The monoisotopic (exact) mass is 413 g/mol. The van der Waals surface area contributed by atoms with Crippen LogP contribution in [0.3, 0.4) is 0 Å². The van der Waals surface area contributed by atoms with E-state index < -0.39 is 5.97 Å². The summed E-state index contributed by atoms with van der Waals surface area (Å²) in [4.78, 5) is 36.7. The molecule has 0 fully saturated rings. The van der Waals surface area contributed by atoms with E-state index in [2.05, 4.69) is 5.32 Å². The quantitative estimate of drug-likeness (QED) is 0.381. The first-order valence-electron chi connectivity index (χ1n) is 10.0. The number of nitrogens with one attached hydrogen (secondary N) is 1. The number of furan rings is 1. The molecular formula is C25H19NO5. The number of ketones is 1. The van der Waals surface area contributed by atoms with Gasteiger partial charge in [0, 0.05) is 22.2 Å². The first kappa shape index (κ1) is 19.1. The summed E-state index contributed by atoms with van der Waals surface area (Å²) < 4.78 is 10.9. The number of carbonyl (C=O) groups excluding carboxylic acids is 3. The van der Waals surface area contributed by atoms with Crippen molar-refractivity contribution in [1.29, 1.82) is 0 Å². The van der Waals surface area contributed by atoms with Crippen molar-refractivity contribution >= 4 is 45.1 Å². The number of ether oxygens (including phenoxy) is 1. The first-order chi connectivity index (χ1) is 15.0. The maximum atomic E-state index is 12.5. The maximum absolute atomic E-state index is 12.5. The predicted molar refractivity (Wildman–Crippen MR) is 116 cm³/mol. The Morgan fingerprint density at radius 2 is 1.94 bits per heavy atom. The number of esters is 1. The van der Waals surface area contributed by atoms with Crippen LogP contribution in [0.1, 0.15) is 34.3 Å². The predicted octanol–water partition coefficient (Wildman–Crippen LogP) is 4.61. The van der Waals surface area contributed by atoms with Crippen molar-refractivity contribution in [2.45, 2.75) is 19.3 Å².